The van der Waals surface area contributed by atoms with E-state index < -0.39 is 0 Å². The highest BCUT2D eigenvalue weighted by atomic mass is 15.2. The Morgan fingerprint density at radius 2 is 2.20 bits per heavy atom. The summed E-state index contributed by atoms with van der Waals surface area (Å²) in [5.74, 6) is 0. The van der Waals surface area contributed by atoms with Crippen molar-refractivity contribution in [3.05, 3.63) is 29.3 Å². The van der Waals surface area contributed by atoms with Crippen molar-refractivity contribution in [1.82, 2.24) is 5.32 Å². The van der Waals surface area contributed by atoms with Crippen molar-refractivity contribution in [3.8, 4) is 6.07 Å². The number of rotatable bonds is 5. The van der Waals surface area contributed by atoms with Crippen molar-refractivity contribution in [2.24, 2.45) is 0 Å². The van der Waals surface area contributed by atoms with E-state index in [0.717, 1.165) is 37.3 Å². The maximum atomic E-state index is 9.46. The number of nitriles is 1. The third-order valence-electron chi connectivity index (χ3n) is 4.17. The molecule has 0 aliphatic carbocycles. The highest BCUT2D eigenvalue weighted by Crippen LogP contribution is 2.29. The van der Waals surface area contributed by atoms with Gasteiger partial charge in [0.2, 0.25) is 0 Å². The van der Waals surface area contributed by atoms with Gasteiger partial charge < -0.3 is 10.2 Å². The molecule has 1 unspecified atom stereocenters. The molecule has 2 rings (SSSR count). The molecule has 1 atom stereocenters. The molecule has 1 aromatic carbocycles. The zero-order valence-electron chi connectivity index (χ0n) is 12.7. The molecule has 1 saturated heterocycles. The van der Waals surface area contributed by atoms with Crippen molar-refractivity contribution in [2.45, 2.75) is 52.1 Å². The van der Waals surface area contributed by atoms with Crippen LogP contribution in [0.5, 0.6) is 0 Å². The topological polar surface area (TPSA) is 39.1 Å². The maximum Gasteiger partial charge on any atom is 0.101 e. The summed E-state index contributed by atoms with van der Waals surface area (Å²) in [5.41, 5.74) is 3.14. The molecule has 3 nitrogen and oxygen atoms in total. The zero-order valence-corrected chi connectivity index (χ0v) is 12.7. The molecule has 0 saturated carbocycles. The van der Waals surface area contributed by atoms with Gasteiger partial charge in [-0.2, -0.15) is 5.26 Å². The standard InChI is InChI=1S/C17H25N3/c1-3-16-7-5-6-10-20(16)17-9-8-14(13-19-4-2)11-15(17)12-18/h8-9,11,16,19H,3-7,10,13H2,1-2H3. The molecule has 0 bridgehead atoms. The van der Waals surface area contributed by atoms with Crippen LogP contribution in [0.2, 0.25) is 0 Å². The van der Waals surface area contributed by atoms with Crippen LogP contribution in [-0.4, -0.2) is 19.1 Å². The van der Waals surface area contributed by atoms with E-state index >= 15 is 0 Å². The van der Waals surface area contributed by atoms with Crippen LogP contribution in [0.25, 0.3) is 0 Å². The summed E-state index contributed by atoms with van der Waals surface area (Å²) in [6.07, 6.45) is 4.96. The molecule has 1 fully saturated rings. The van der Waals surface area contributed by atoms with Gasteiger partial charge in [0.1, 0.15) is 6.07 Å². The maximum absolute atomic E-state index is 9.46. The van der Waals surface area contributed by atoms with Gasteiger partial charge in [-0.3, -0.25) is 0 Å². The lowest BCUT2D eigenvalue weighted by Gasteiger charge is -2.37. The number of nitrogens with one attached hydrogen (secondary N) is 1. The van der Waals surface area contributed by atoms with Crippen LogP contribution in [0.4, 0.5) is 5.69 Å². The first-order valence-corrected chi connectivity index (χ1v) is 7.80. The first-order valence-electron chi connectivity index (χ1n) is 7.80. The minimum Gasteiger partial charge on any atom is -0.367 e. The zero-order chi connectivity index (χ0) is 14.4. The van der Waals surface area contributed by atoms with E-state index in [0.29, 0.717) is 6.04 Å². The molecule has 1 aromatic rings. The minimum atomic E-state index is 0.593. The Morgan fingerprint density at radius 3 is 2.90 bits per heavy atom. The van der Waals surface area contributed by atoms with Gasteiger partial charge in [-0.15, -0.1) is 0 Å². The average molecular weight is 271 g/mol. The Balaban J connectivity index is 2.24. The molecular weight excluding hydrogens is 246 g/mol. The number of piperidine rings is 1. The lowest BCUT2D eigenvalue weighted by Crippen LogP contribution is -2.39. The molecule has 0 radical (unpaired) electrons. The molecule has 0 spiro atoms. The van der Waals surface area contributed by atoms with E-state index in [-0.39, 0.29) is 0 Å². The smallest absolute Gasteiger partial charge is 0.101 e. The van der Waals surface area contributed by atoms with Crippen LogP contribution in [0, 0.1) is 11.3 Å². The van der Waals surface area contributed by atoms with Gasteiger partial charge in [-0.05, 0) is 49.9 Å². The van der Waals surface area contributed by atoms with Crippen LogP contribution in [0.3, 0.4) is 0 Å². The lowest BCUT2D eigenvalue weighted by atomic mass is 9.97. The van der Waals surface area contributed by atoms with E-state index in [1.54, 1.807) is 0 Å². The Bertz CT molecular complexity index is 476. The highest BCUT2D eigenvalue weighted by molar-refractivity contribution is 5.61. The van der Waals surface area contributed by atoms with Crippen LogP contribution in [-0.2, 0) is 6.54 Å². The lowest BCUT2D eigenvalue weighted by molar-refractivity contribution is 0.450. The third-order valence-corrected chi connectivity index (χ3v) is 4.17. The first kappa shape index (κ1) is 14.9. The van der Waals surface area contributed by atoms with Crippen molar-refractivity contribution in [3.63, 3.8) is 0 Å². The van der Waals surface area contributed by atoms with Gasteiger partial charge in [0.25, 0.3) is 0 Å². The van der Waals surface area contributed by atoms with Crippen LogP contribution in [0.1, 0.15) is 50.7 Å². The van der Waals surface area contributed by atoms with Gasteiger partial charge in [0.05, 0.1) is 11.3 Å². The molecule has 20 heavy (non-hydrogen) atoms. The summed E-state index contributed by atoms with van der Waals surface area (Å²) in [6.45, 7) is 7.21. The first-order chi connectivity index (χ1) is 9.80. The Hall–Kier alpha value is -1.53. The molecule has 3 heteroatoms. The van der Waals surface area contributed by atoms with E-state index in [9.17, 15) is 5.26 Å². The quantitative estimate of drug-likeness (QED) is 0.891. The normalized spacial score (nSPS) is 18.9. The fraction of sp³-hybridized carbons (Fsp3) is 0.588. The fourth-order valence-electron chi connectivity index (χ4n) is 3.04. The fourth-order valence-corrected chi connectivity index (χ4v) is 3.04. The third kappa shape index (κ3) is 3.32. The summed E-state index contributed by atoms with van der Waals surface area (Å²) < 4.78 is 0. The molecule has 1 aliphatic rings. The van der Waals surface area contributed by atoms with Crippen molar-refractivity contribution in [1.29, 1.82) is 5.26 Å². The average Bonchev–Trinajstić information content (AvgIpc) is 2.52. The number of benzene rings is 1. The van der Waals surface area contributed by atoms with Gasteiger partial charge in [-0.1, -0.05) is 19.9 Å². The van der Waals surface area contributed by atoms with E-state index in [2.05, 4.69) is 42.3 Å². The molecule has 1 N–H and O–H groups in total. The molecule has 0 amide bonds. The van der Waals surface area contributed by atoms with E-state index in [4.69, 9.17) is 0 Å². The highest BCUT2D eigenvalue weighted by Gasteiger charge is 2.23. The van der Waals surface area contributed by atoms with Gasteiger partial charge in [0.15, 0.2) is 0 Å². The monoisotopic (exact) mass is 271 g/mol. The number of anilines is 1. The SMILES string of the molecule is CCNCc1ccc(N2CCCCC2CC)c(C#N)c1. The Labute approximate surface area is 122 Å². The Kier molecular flexibility index (Phi) is 5.43. The second kappa shape index (κ2) is 7.31. The molecule has 108 valence electrons. The van der Waals surface area contributed by atoms with E-state index in [1.807, 2.05) is 6.07 Å². The largest absolute Gasteiger partial charge is 0.367 e. The number of hydrogen-bond donors (Lipinski definition) is 1. The van der Waals surface area contributed by atoms with Crippen LogP contribution in [0.15, 0.2) is 18.2 Å². The van der Waals surface area contributed by atoms with Gasteiger partial charge >= 0.3 is 0 Å². The van der Waals surface area contributed by atoms with Crippen molar-refractivity contribution >= 4 is 5.69 Å². The second-order valence-electron chi connectivity index (χ2n) is 5.49. The number of nitrogens with zero attached hydrogens (tertiary/aromatic N) is 2. The minimum absolute atomic E-state index is 0.593. The van der Waals surface area contributed by atoms with Crippen LogP contribution < -0.4 is 10.2 Å². The molecule has 1 heterocycles. The van der Waals surface area contributed by atoms with Gasteiger partial charge in [-0.25, -0.2) is 0 Å². The van der Waals surface area contributed by atoms with Crippen molar-refractivity contribution < 1.29 is 0 Å². The molecular formula is C17H25N3. The predicted octanol–water partition coefficient (Wildman–Crippen LogP) is 3.44. The molecule has 1 aliphatic heterocycles. The molecule has 0 aromatic heterocycles. The number of hydrogen-bond acceptors (Lipinski definition) is 3. The summed E-state index contributed by atoms with van der Waals surface area (Å²) in [7, 11) is 0. The van der Waals surface area contributed by atoms with Crippen LogP contribution >= 0.6 is 0 Å². The van der Waals surface area contributed by atoms with Gasteiger partial charge in [0, 0.05) is 19.1 Å². The Morgan fingerprint density at radius 1 is 1.35 bits per heavy atom. The second-order valence-corrected chi connectivity index (χ2v) is 5.49. The summed E-state index contributed by atoms with van der Waals surface area (Å²) in [4.78, 5) is 2.44. The van der Waals surface area contributed by atoms with E-state index in [1.165, 1.54) is 24.8 Å². The summed E-state index contributed by atoms with van der Waals surface area (Å²) in [6, 6.07) is 9.31. The van der Waals surface area contributed by atoms with Crippen molar-refractivity contribution in [2.75, 3.05) is 18.0 Å². The summed E-state index contributed by atoms with van der Waals surface area (Å²) in [5, 5.41) is 12.8. The predicted molar refractivity (Wildman–Crippen MR) is 83.8 cm³/mol. The summed E-state index contributed by atoms with van der Waals surface area (Å²) >= 11 is 0.